The maximum atomic E-state index is 12.3. The van der Waals surface area contributed by atoms with Gasteiger partial charge in [-0.2, -0.15) is 0 Å². The van der Waals surface area contributed by atoms with Gasteiger partial charge in [0.1, 0.15) is 0 Å². The highest BCUT2D eigenvalue weighted by Gasteiger charge is 2.36. The van der Waals surface area contributed by atoms with Gasteiger partial charge in [-0.15, -0.1) is 0 Å². The normalized spacial score (nSPS) is 22.5. The van der Waals surface area contributed by atoms with E-state index in [-0.39, 0.29) is 5.91 Å². The minimum Gasteiger partial charge on any atom is -0.365 e. The highest BCUT2D eigenvalue weighted by atomic mass is 16.1. The Morgan fingerprint density at radius 1 is 0.964 bits per heavy atom. The van der Waals surface area contributed by atoms with Crippen LogP contribution in [-0.4, -0.2) is 49.6 Å². The first-order valence-electron chi connectivity index (χ1n) is 10.6. The Morgan fingerprint density at radius 2 is 1.68 bits per heavy atom. The third-order valence-electron chi connectivity index (χ3n) is 6.37. The van der Waals surface area contributed by atoms with E-state index < -0.39 is 0 Å². The van der Waals surface area contributed by atoms with Crippen molar-refractivity contribution in [2.75, 3.05) is 31.6 Å². The lowest BCUT2D eigenvalue weighted by molar-refractivity contribution is 0.0954. The van der Waals surface area contributed by atoms with E-state index in [1.807, 2.05) is 30.3 Å². The van der Waals surface area contributed by atoms with E-state index in [4.69, 9.17) is 0 Å². The summed E-state index contributed by atoms with van der Waals surface area (Å²) in [5.41, 5.74) is 3.42. The summed E-state index contributed by atoms with van der Waals surface area (Å²) in [6, 6.07) is 19.5. The zero-order chi connectivity index (χ0) is 19.3. The van der Waals surface area contributed by atoms with Crippen molar-refractivity contribution in [2.24, 2.45) is 0 Å². The van der Waals surface area contributed by atoms with E-state index in [1.54, 1.807) is 0 Å². The lowest BCUT2D eigenvalue weighted by Gasteiger charge is -2.50. The number of benzene rings is 2. The van der Waals surface area contributed by atoms with Gasteiger partial charge in [0, 0.05) is 43.0 Å². The fourth-order valence-electron chi connectivity index (χ4n) is 4.87. The van der Waals surface area contributed by atoms with E-state index in [9.17, 15) is 4.79 Å². The van der Waals surface area contributed by atoms with Crippen LogP contribution in [0, 0.1) is 0 Å². The largest absolute Gasteiger partial charge is 0.365 e. The van der Waals surface area contributed by atoms with Gasteiger partial charge < -0.3 is 10.2 Å². The molecule has 1 N–H and O–H groups in total. The molecule has 28 heavy (non-hydrogen) atoms. The van der Waals surface area contributed by atoms with E-state index in [2.05, 4.69) is 46.4 Å². The summed E-state index contributed by atoms with van der Waals surface area (Å²) in [5.74, 6) is 0.00465. The maximum Gasteiger partial charge on any atom is 0.251 e. The van der Waals surface area contributed by atoms with Crippen LogP contribution < -0.4 is 10.2 Å². The maximum absolute atomic E-state index is 12.3. The van der Waals surface area contributed by atoms with Crippen molar-refractivity contribution in [3.63, 3.8) is 0 Å². The molecule has 0 radical (unpaired) electrons. The van der Waals surface area contributed by atoms with Crippen molar-refractivity contribution < 1.29 is 4.79 Å². The first-order valence-corrected chi connectivity index (χ1v) is 10.6. The minimum absolute atomic E-state index is 0.00465. The van der Waals surface area contributed by atoms with E-state index in [1.165, 1.54) is 36.9 Å². The molecule has 0 spiro atoms. The first-order chi connectivity index (χ1) is 13.7. The molecule has 2 unspecified atom stereocenters. The van der Waals surface area contributed by atoms with Gasteiger partial charge in [0.25, 0.3) is 5.91 Å². The molecule has 0 bridgehead atoms. The molecule has 1 saturated carbocycles. The molecule has 4 nitrogen and oxygen atoms in total. The summed E-state index contributed by atoms with van der Waals surface area (Å²) in [4.78, 5) is 17.5. The van der Waals surface area contributed by atoms with Gasteiger partial charge in [0.2, 0.25) is 0 Å². The predicted molar refractivity (Wildman–Crippen MR) is 115 cm³/mol. The van der Waals surface area contributed by atoms with Gasteiger partial charge in [-0.3, -0.25) is 9.69 Å². The Labute approximate surface area is 168 Å². The van der Waals surface area contributed by atoms with Crippen molar-refractivity contribution in [1.82, 2.24) is 10.2 Å². The third kappa shape index (κ3) is 4.07. The van der Waals surface area contributed by atoms with Crippen LogP contribution in [0.1, 0.15) is 41.6 Å². The summed E-state index contributed by atoms with van der Waals surface area (Å²) < 4.78 is 0. The number of carbonyl (C=O) groups excluding carboxylic acids is 1. The van der Waals surface area contributed by atoms with Crippen molar-refractivity contribution in [2.45, 2.75) is 44.2 Å². The van der Waals surface area contributed by atoms with E-state index in [0.29, 0.717) is 18.6 Å². The number of nitrogens with one attached hydrogen (secondary N) is 1. The zero-order valence-electron chi connectivity index (χ0n) is 16.8. The molecule has 2 fully saturated rings. The summed E-state index contributed by atoms with van der Waals surface area (Å²) in [6.07, 6.45) is 6.15. The molecule has 2 atom stereocenters. The number of para-hydroxylation sites is 1. The summed E-state index contributed by atoms with van der Waals surface area (Å²) in [6.45, 7) is 2.87. The van der Waals surface area contributed by atoms with Crippen LogP contribution in [0.3, 0.4) is 0 Å². The fraction of sp³-hybridized carbons (Fsp3) is 0.458. The molecule has 1 aliphatic carbocycles. The number of nitrogens with zero attached hydrogens (tertiary/aromatic N) is 2. The third-order valence-corrected chi connectivity index (χ3v) is 6.37. The Balaban J connectivity index is 1.44. The second kappa shape index (κ2) is 8.78. The Hall–Kier alpha value is -2.33. The average Bonchev–Trinajstić information content (AvgIpc) is 2.75. The number of piperazine rings is 1. The van der Waals surface area contributed by atoms with Crippen LogP contribution in [0.5, 0.6) is 0 Å². The molecule has 4 rings (SSSR count). The highest BCUT2D eigenvalue weighted by molar-refractivity contribution is 5.94. The molecule has 148 valence electrons. The standard InChI is InChI=1S/C24H31N3O/c1-26-17-18-27(23-14-8-7-13-22(23)26)21-12-6-5-9-19(21)15-16-25-24(28)20-10-3-2-4-11-20/h2-6,9-12,22-23H,7-8,13-18H2,1H3,(H,25,28). The molecular weight excluding hydrogens is 346 g/mol. The molecule has 2 aromatic rings. The Morgan fingerprint density at radius 3 is 2.50 bits per heavy atom. The molecule has 4 heteroatoms. The number of fused-ring (bicyclic) bond motifs is 1. The van der Waals surface area contributed by atoms with Crippen molar-refractivity contribution in [3.8, 4) is 0 Å². The van der Waals surface area contributed by atoms with Crippen LogP contribution in [-0.2, 0) is 6.42 Å². The molecule has 1 heterocycles. The number of rotatable bonds is 5. The summed E-state index contributed by atoms with van der Waals surface area (Å²) in [5, 5.41) is 3.08. The van der Waals surface area contributed by atoms with E-state index >= 15 is 0 Å². The number of hydrogen-bond donors (Lipinski definition) is 1. The summed E-state index contributed by atoms with van der Waals surface area (Å²) in [7, 11) is 2.28. The van der Waals surface area contributed by atoms with Crippen molar-refractivity contribution >= 4 is 11.6 Å². The van der Waals surface area contributed by atoms with Crippen molar-refractivity contribution in [1.29, 1.82) is 0 Å². The molecular formula is C24H31N3O. The van der Waals surface area contributed by atoms with Crippen molar-refractivity contribution in [3.05, 3.63) is 65.7 Å². The molecule has 0 aromatic heterocycles. The number of likely N-dealkylation sites (N-methyl/N-ethyl adjacent to an activating group) is 1. The lowest BCUT2D eigenvalue weighted by Crippen LogP contribution is -2.59. The molecule has 1 amide bonds. The lowest BCUT2D eigenvalue weighted by atomic mass is 9.86. The fourth-order valence-corrected chi connectivity index (χ4v) is 4.87. The average molecular weight is 378 g/mol. The van der Waals surface area contributed by atoms with Crippen LogP contribution >= 0.6 is 0 Å². The topological polar surface area (TPSA) is 35.6 Å². The second-order valence-electron chi connectivity index (χ2n) is 8.09. The second-order valence-corrected chi connectivity index (χ2v) is 8.09. The van der Waals surface area contributed by atoms with Gasteiger partial charge >= 0.3 is 0 Å². The van der Waals surface area contributed by atoms with E-state index in [0.717, 1.165) is 25.1 Å². The van der Waals surface area contributed by atoms with Crippen LogP contribution in [0.25, 0.3) is 0 Å². The molecule has 1 aliphatic heterocycles. The van der Waals surface area contributed by atoms with Gasteiger partial charge in [0.15, 0.2) is 0 Å². The van der Waals surface area contributed by atoms with Crippen LogP contribution in [0.2, 0.25) is 0 Å². The highest BCUT2D eigenvalue weighted by Crippen LogP contribution is 2.34. The number of amides is 1. The van der Waals surface area contributed by atoms with Gasteiger partial charge in [-0.1, -0.05) is 49.2 Å². The Kier molecular flexibility index (Phi) is 5.96. The number of hydrogen-bond acceptors (Lipinski definition) is 3. The summed E-state index contributed by atoms with van der Waals surface area (Å²) >= 11 is 0. The smallest absolute Gasteiger partial charge is 0.251 e. The molecule has 2 aromatic carbocycles. The molecule has 1 saturated heterocycles. The monoisotopic (exact) mass is 377 g/mol. The minimum atomic E-state index is 0.00465. The van der Waals surface area contributed by atoms with Crippen LogP contribution in [0.15, 0.2) is 54.6 Å². The Bertz CT molecular complexity index is 791. The predicted octanol–water partition coefficient (Wildman–Crippen LogP) is 3.72. The first kappa shape index (κ1) is 19.0. The zero-order valence-corrected chi connectivity index (χ0v) is 16.8. The molecule has 2 aliphatic rings. The van der Waals surface area contributed by atoms with Gasteiger partial charge in [-0.25, -0.2) is 0 Å². The SMILES string of the molecule is CN1CCN(c2ccccc2CCNC(=O)c2ccccc2)C2CCCCC21. The van der Waals surface area contributed by atoms with Crippen LogP contribution in [0.4, 0.5) is 5.69 Å². The van der Waals surface area contributed by atoms with Gasteiger partial charge in [0.05, 0.1) is 0 Å². The van der Waals surface area contributed by atoms with Gasteiger partial charge in [-0.05, 0) is 50.1 Å². The quantitative estimate of drug-likeness (QED) is 0.863. The number of carbonyl (C=O) groups is 1. The number of anilines is 1.